The molecule has 2 aromatic rings. The van der Waals surface area contributed by atoms with Gasteiger partial charge in [0, 0.05) is 5.02 Å². The molecule has 0 bridgehead atoms. The standard InChI is InChI=1S/C16H13ClO2/c1-10-7-15-12(8-14(10)17)16(18)13(9-19-15)11-5-3-2-4-6-11/h2-8,13H,9H2,1H3. The van der Waals surface area contributed by atoms with E-state index in [1.54, 1.807) is 6.07 Å². The molecule has 96 valence electrons. The van der Waals surface area contributed by atoms with Crippen LogP contribution in [0.2, 0.25) is 5.02 Å². The van der Waals surface area contributed by atoms with E-state index in [9.17, 15) is 4.79 Å². The molecule has 2 aromatic carbocycles. The van der Waals surface area contributed by atoms with E-state index in [4.69, 9.17) is 16.3 Å². The summed E-state index contributed by atoms with van der Waals surface area (Å²) in [7, 11) is 0. The monoisotopic (exact) mass is 272 g/mol. The van der Waals surface area contributed by atoms with E-state index < -0.39 is 0 Å². The highest BCUT2D eigenvalue weighted by molar-refractivity contribution is 6.32. The van der Waals surface area contributed by atoms with Crippen molar-refractivity contribution in [1.82, 2.24) is 0 Å². The molecule has 3 heteroatoms. The van der Waals surface area contributed by atoms with Crippen LogP contribution in [0.4, 0.5) is 0 Å². The number of ether oxygens (including phenoxy) is 1. The molecule has 0 saturated carbocycles. The number of hydrogen-bond donors (Lipinski definition) is 0. The van der Waals surface area contributed by atoms with Crippen molar-refractivity contribution < 1.29 is 9.53 Å². The van der Waals surface area contributed by atoms with Gasteiger partial charge in [0.25, 0.3) is 0 Å². The first-order chi connectivity index (χ1) is 9.16. The summed E-state index contributed by atoms with van der Waals surface area (Å²) in [6.45, 7) is 2.29. The smallest absolute Gasteiger partial charge is 0.177 e. The average molecular weight is 273 g/mol. The summed E-state index contributed by atoms with van der Waals surface area (Å²) in [4.78, 5) is 12.5. The number of ketones is 1. The molecule has 0 fully saturated rings. The molecule has 0 aromatic heterocycles. The van der Waals surface area contributed by atoms with E-state index in [1.807, 2.05) is 43.3 Å². The quantitative estimate of drug-likeness (QED) is 0.784. The van der Waals surface area contributed by atoms with Crippen LogP contribution in [0.1, 0.15) is 27.4 Å². The number of carbonyl (C=O) groups is 1. The van der Waals surface area contributed by atoms with Gasteiger partial charge in [0.15, 0.2) is 5.78 Å². The molecule has 2 nitrogen and oxygen atoms in total. The molecule has 0 saturated heterocycles. The van der Waals surface area contributed by atoms with Crippen molar-refractivity contribution in [2.75, 3.05) is 6.61 Å². The molecule has 0 aliphatic carbocycles. The van der Waals surface area contributed by atoms with Crippen molar-refractivity contribution in [2.24, 2.45) is 0 Å². The first-order valence-corrected chi connectivity index (χ1v) is 6.56. The molecule has 0 amide bonds. The van der Waals surface area contributed by atoms with Gasteiger partial charge in [-0.25, -0.2) is 0 Å². The number of hydrogen-bond acceptors (Lipinski definition) is 2. The predicted octanol–water partition coefficient (Wildman–Crippen LogP) is 4.01. The topological polar surface area (TPSA) is 26.3 Å². The van der Waals surface area contributed by atoms with Crippen LogP contribution in [-0.2, 0) is 0 Å². The Bertz CT molecular complexity index is 635. The summed E-state index contributed by atoms with van der Waals surface area (Å²) in [6.07, 6.45) is 0. The molecule has 1 unspecified atom stereocenters. The Hall–Kier alpha value is -1.80. The molecule has 19 heavy (non-hydrogen) atoms. The third-order valence-electron chi connectivity index (χ3n) is 3.45. The first kappa shape index (κ1) is 12.2. The number of carbonyl (C=O) groups excluding carboxylic acids is 1. The molecular formula is C16H13ClO2. The Morgan fingerprint density at radius 1 is 1.21 bits per heavy atom. The van der Waals surface area contributed by atoms with Gasteiger partial charge in [-0.3, -0.25) is 4.79 Å². The number of fused-ring (bicyclic) bond motifs is 1. The van der Waals surface area contributed by atoms with Gasteiger partial charge in [-0.05, 0) is 30.2 Å². The van der Waals surface area contributed by atoms with E-state index in [2.05, 4.69) is 0 Å². The van der Waals surface area contributed by atoms with Crippen molar-refractivity contribution in [3.63, 3.8) is 0 Å². The van der Waals surface area contributed by atoms with Crippen LogP contribution in [0.3, 0.4) is 0 Å². The fourth-order valence-electron chi connectivity index (χ4n) is 2.34. The second kappa shape index (κ2) is 4.71. The number of halogens is 1. The molecule has 3 rings (SSSR count). The summed E-state index contributed by atoms with van der Waals surface area (Å²) >= 11 is 6.10. The molecule has 1 heterocycles. The van der Waals surface area contributed by atoms with E-state index >= 15 is 0 Å². The predicted molar refractivity (Wildman–Crippen MR) is 75.2 cm³/mol. The van der Waals surface area contributed by atoms with Gasteiger partial charge in [0.1, 0.15) is 12.4 Å². The van der Waals surface area contributed by atoms with E-state index in [0.29, 0.717) is 22.9 Å². The molecule has 0 radical (unpaired) electrons. The lowest BCUT2D eigenvalue weighted by Gasteiger charge is -2.25. The maximum absolute atomic E-state index is 12.5. The van der Waals surface area contributed by atoms with Gasteiger partial charge >= 0.3 is 0 Å². The minimum Gasteiger partial charge on any atom is -0.492 e. The number of benzene rings is 2. The third kappa shape index (κ3) is 2.13. The van der Waals surface area contributed by atoms with Crippen molar-refractivity contribution >= 4 is 17.4 Å². The Morgan fingerprint density at radius 2 is 1.95 bits per heavy atom. The van der Waals surface area contributed by atoms with Crippen LogP contribution in [0, 0.1) is 6.92 Å². The van der Waals surface area contributed by atoms with Crippen molar-refractivity contribution in [3.8, 4) is 5.75 Å². The zero-order chi connectivity index (χ0) is 13.4. The van der Waals surface area contributed by atoms with Gasteiger partial charge < -0.3 is 4.74 Å². The first-order valence-electron chi connectivity index (χ1n) is 6.19. The normalized spacial score (nSPS) is 17.8. The molecule has 1 aliphatic rings. The average Bonchev–Trinajstić information content (AvgIpc) is 2.42. The van der Waals surface area contributed by atoms with Crippen molar-refractivity contribution in [3.05, 3.63) is 64.2 Å². The lowest BCUT2D eigenvalue weighted by Crippen LogP contribution is -2.26. The van der Waals surface area contributed by atoms with E-state index in [0.717, 1.165) is 11.1 Å². The number of aryl methyl sites for hydroxylation is 1. The summed E-state index contributed by atoms with van der Waals surface area (Å²) in [5.41, 5.74) is 2.48. The second-order valence-corrected chi connectivity index (χ2v) is 5.14. The molecular weight excluding hydrogens is 260 g/mol. The Labute approximate surface area is 117 Å². The Balaban J connectivity index is 2.03. The lowest BCUT2D eigenvalue weighted by atomic mass is 9.88. The highest BCUT2D eigenvalue weighted by Gasteiger charge is 2.30. The Morgan fingerprint density at radius 3 is 2.68 bits per heavy atom. The molecule has 0 spiro atoms. The zero-order valence-electron chi connectivity index (χ0n) is 10.5. The van der Waals surface area contributed by atoms with Crippen LogP contribution >= 0.6 is 11.6 Å². The zero-order valence-corrected chi connectivity index (χ0v) is 11.3. The highest BCUT2D eigenvalue weighted by Crippen LogP contribution is 2.35. The number of rotatable bonds is 1. The minimum absolute atomic E-state index is 0.0781. The highest BCUT2D eigenvalue weighted by atomic mass is 35.5. The fourth-order valence-corrected chi connectivity index (χ4v) is 2.50. The van der Waals surface area contributed by atoms with Gasteiger partial charge in [-0.2, -0.15) is 0 Å². The van der Waals surface area contributed by atoms with Crippen molar-refractivity contribution in [2.45, 2.75) is 12.8 Å². The van der Waals surface area contributed by atoms with Crippen LogP contribution < -0.4 is 4.74 Å². The molecule has 0 N–H and O–H groups in total. The fraction of sp³-hybridized carbons (Fsp3) is 0.188. The lowest BCUT2D eigenvalue weighted by molar-refractivity contribution is 0.0896. The largest absolute Gasteiger partial charge is 0.492 e. The van der Waals surface area contributed by atoms with Crippen LogP contribution in [0.15, 0.2) is 42.5 Å². The molecule has 1 atom stereocenters. The summed E-state index contributed by atoms with van der Waals surface area (Å²) in [5, 5.41) is 0.601. The third-order valence-corrected chi connectivity index (χ3v) is 3.86. The minimum atomic E-state index is -0.243. The van der Waals surface area contributed by atoms with Gasteiger partial charge in [-0.15, -0.1) is 0 Å². The summed E-state index contributed by atoms with van der Waals surface area (Å²) < 4.78 is 5.72. The van der Waals surface area contributed by atoms with Gasteiger partial charge in [0.2, 0.25) is 0 Å². The molecule has 1 aliphatic heterocycles. The van der Waals surface area contributed by atoms with Gasteiger partial charge in [0.05, 0.1) is 11.5 Å². The van der Waals surface area contributed by atoms with E-state index in [-0.39, 0.29) is 11.7 Å². The van der Waals surface area contributed by atoms with Crippen LogP contribution in [-0.4, -0.2) is 12.4 Å². The number of Topliss-reactive ketones (excluding diaryl/α,β-unsaturated/α-hetero) is 1. The van der Waals surface area contributed by atoms with E-state index in [1.165, 1.54) is 0 Å². The maximum atomic E-state index is 12.5. The van der Waals surface area contributed by atoms with Crippen LogP contribution in [0.25, 0.3) is 0 Å². The van der Waals surface area contributed by atoms with Gasteiger partial charge in [-0.1, -0.05) is 41.9 Å². The van der Waals surface area contributed by atoms with Crippen molar-refractivity contribution in [1.29, 1.82) is 0 Å². The summed E-state index contributed by atoms with van der Waals surface area (Å²) in [6, 6.07) is 13.2. The van der Waals surface area contributed by atoms with Crippen LogP contribution in [0.5, 0.6) is 5.75 Å². The Kier molecular flexibility index (Phi) is 3.03. The maximum Gasteiger partial charge on any atom is 0.177 e. The SMILES string of the molecule is Cc1cc2c(cc1Cl)C(=O)C(c1ccccc1)CO2. The second-order valence-electron chi connectivity index (χ2n) is 4.74. The summed E-state index contributed by atoms with van der Waals surface area (Å²) in [5.74, 6) is 0.473.